The molecule has 0 spiro atoms. The van der Waals surface area contributed by atoms with Crippen LogP contribution in [0.25, 0.3) is 0 Å². The number of carbonyl (C=O) groups is 1. The van der Waals surface area contributed by atoms with Gasteiger partial charge in [0.15, 0.2) is 0 Å². The molecular weight excluding hydrogens is 444 g/mol. The number of carbonyl (C=O) groups excluding carboxylic acids is 1. The largest absolute Gasteiger partial charge is 0.492 e. The quantitative estimate of drug-likeness (QED) is 0.455. The number of hydrogen-bond donors (Lipinski definition) is 1. The fraction of sp³-hybridized carbons (Fsp3) is 0.458. The second-order valence-corrected chi connectivity index (χ2v) is 11.0. The van der Waals surface area contributed by atoms with Gasteiger partial charge in [-0.2, -0.15) is 0 Å². The Hall–Kier alpha value is -2.03. The van der Waals surface area contributed by atoms with E-state index in [1.807, 2.05) is 37.1 Å². The number of nitrogens with one attached hydrogen (secondary N) is 1. The molecule has 1 heterocycles. The Labute approximate surface area is 195 Å². The molecule has 32 heavy (non-hydrogen) atoms. The maximum absolute atomic E-state index is 13.1. The third kappa shape index (κ3) is 6.27. The molecule has 1 aliphatic rings. The van der Waals surface area contributed by atoms with Gasteiger partial charge in [0.05, 0.1) is 10.5 Å². The molecule has 0 aromatic heterocycles. The maximum atomic E-state index is 13.1. The topological polar surface area (TPSA) is 75.7 Å². The van der Waals surface area contributed by atoms with Gasteiger partial charge in [-0.3, -0.25) is 4.79 Å². The molecule has 0 unspecified atom stereocenters. The minimum atomic E-state index is -3.76. The fourth-order valence-electron chi connectivity index (χ4n) is 3.85. The zero-order valence-corrected chi connectivity index (χ0v) is 20.8. The summed E-state index contributed by atoms with van der Waals surface area (Å²) < 4.78 is 34.0. The molecule has 6 nitrogen and oxygen atoms in total. The Bertz CT molecular complexity index is 1040. The highest BCUT2D eigenvalue weighted by molar-refractivity contribution is 7.98. The molecule has 174 valence electrons. The number of hydrogen-bond acceptors (Lipinski definition) is 5. The maximum Gasteiger partial charge on any atom is 0.255 e. The van der Waals surface area contributed by atoms with Crippen LogP contribution < -0.4 is 9.46 Å². The van der Waals surface area contributed by atoms with Crippen LogP contribution in [-0.2, 0) is 10.0 Å². The van der Waals surface area contributed by atoms with Crippen LogP contribution in [0, 0.1) is 19.8 Å². The lowest BCUT2D eigenvalue weighted by Crippen LogP contribution is -2.38. The van der Waals surface area contributed by atoms with Crippen LogP contribution >= 0.6 is 11.8 Å². The van der Waals surface area contributed by atoms with Gasteiger partial charge >= 0.3 is 0 Å². The van der Waals surface area contributed by atoms with E-state index in [9.17, 15) is 13.2 Å². The number of rotatable bonds is 8. The van der Waals surface area contributed by atoms with Gasteiger partial charge in [-0.25, -0.2) is 13.1 Å². The molecule has 0 atom stereocenters. The zero-order valence-electron chi connectivity index (χ0n) is 19.2. The van der Waals surface area contributed by atoms with Gasteiger partial charge < -0.3 is 9.64 Å². The van der Waals surface area contributed by atoms with Crippen molar-refractivity contribution >= 4 is 27.7 Å². The Morgan fingerprint density at radius 3 is 2.41 bits per heavy atom. The first-order valence-corrected chi connectivity index (χ1v) is 13.6. The summed E-state index contributed by atoms with van der Waals surface area (Å²) in [5.74, 6) is 1.23. The normalized spacial score (nSPS) is 15.1. The third-order valence-electron chi connectivity index (χ3n) is 5.64. The number of amides is 1. The van der Waals surface area contributed by atoms with Crippen molar-refractivity contribution in [1.29, 1.82) is 0 Å². The van der Waals surface area contributed by atoms with Crippen molar-refractivity contribution in [2.24, 2.45) is 5.92 Å². The van der Waals surface area contributed by atoms with E-state index in [-0.39, 0.29) is 24.0 Å². The lowest BCUT2D eigenvalue weighted by Gasteiger charge is -2.30. The van der Waals surface area contributed by atoms with Crippen molar-refractivity contribution in [3.05, 3.63) is 53.1 Å². The van der Waals surface area contributed by atoms with Gasteiger partial charge in [0, 0.05) is 24.5 Å². The number of ether oxygens (including phenoxy) is 1. The summed E-state index contributed by atoms with van der Waals surface area (Å²) >= 11 is 1.45. The second-order valence-electron chi connectivity index (χ2n) is 8.41. The Balaban J connectivity index is 1.67. The average molecular weight is 477 g/mol. The average Bonchev–Trinajstić information content (AvgIpc) is 2.75. The highest BCUT2D eigenvalue weighted by Gasteiger charge is 2.25. The van der Waals surface area contributed by atoms with Crippen LogP contribution in [0.4, 0.5) is 0 Å². The first-order chi connectivity index (χ1) is 15.2. The molecule has 1 N–H and O–H groups in total. The van der Waals surface area contributed by atoms with Gasteiger partial charge in [-0.1, -0.05) is 13.0 Å². The molecule has 1 saturated heterocycles. The van der Waals surface area contributed by atoms with Gasteiger partial charge in [0.25, 0.3) is 5.91 Å². The number of sulfonamides is 1. The first-order valence-electron chi connectivity index (χ1n) is 10.9. The number of nitrogens with zero attached hydrogens (tertiary/aromatic N) is 1. The van der Waals surface area contributed by atoms with Crippen molar-refractivity contribution in [3.63, 3.8) is 0 Å². The lowest BCUT2D eigenvalue weighted by molar-refractivity contribution is 0.0693. The van der Waals surface area contributed by atoms with Crippen molar-refractivity contribution in [1.82, 2.24) is 9.62 Å². The van der Waals surface area contributed by atoms with E-state index in [2.05, 4.69) is 17.7 Å². The third-order valence-corrected chi connectivity index (χ3v) is 7.90. The SMILES string of the molecule is CSc1ccc(S(=O)(=O)NCCOc2cc(C)cc(C)c2)cc1C(=O)N1CCC(C)CC1. The number of aryl methyl sites for hydroxylation is 2. The number of piperidine rings is 1. The molecule has 8 heteroatoms. The van der Waals surface area contributed by atoms with Gasteiger partial charge in [0.1, 0.15) is 12.4 Å². The summed E-state index contributed by atoms with van der Waals surface area (Å²) in [6.45, 7) is 7.93. The molecular formula is C24H32N2O4S2. The van der Waals surface area contributed by atoms with Crippen LogP contribution in [0.3, 0.4) is 0 Å². The van der Waals surface area contributed by atoms with E-state index >= 15 is 0 Å². The van der Waals surface area contributed by atoms with E-state index in [0.29, 0.717) is 24.6 Å². The van der Waals surface area contributed by atoms with Gasteiger partial charge in [-0.05, 0) is 80.3 Å². The molecule has 0 aliphatic carbocycles. The minimum Gasteiger partial charge on any atom is -0.492 e. The smallest absolute Gasteiger partial charge is 0.255 e. The highest BCUT2D eigenvalue weighted by Crippen LogP contribution is 2.27. The van der Waals surface area contributed by atoms with Crippen LogP contribution in [0.15, 0.2) is 46.2 Å². The standard InChI is InChI=1S/C24H32N2O4S2/c1-17-7-10-26(11-8-17)24(27)22-16-21(5-6-23(22)31-4)32(28,29)25-9-12-30-20-14-18(2)13-19(3)15-20/h5-6,13-17,25H,7-12H2,1-4H3. The zero-order chi connectivity index (χ0) is 23.3. The molecule has 0 saturated carbocycles. The van der Waals surface area contributed by atoms with E-state index < -0.39 is 10.0 Å². The van der Waals surface area contributed by atoms with Crippen molar-refractivity contribution in [2.45, 2.75) is 43.4 Å². The number of benzene rings is 2. The molecule has 1 fully saturated rings. The summed E-state index contributed by atoms with van der Waals surface area (Å²) in [7, 11) is -3.76. The molecule has 1 aliphatic heterocycles. The highest BCUT2D eigenvalue weighted by atomic mass is 32.2. The van der Waals surface area contributed by atoms with Crippen LogP contribution in [-0.4, -0.2) is 51.7 Å². The Kier molecular flexibility index (Phi) is 8.25. The van der Waals surface area contributed by atoms with Crippen LogP contribution in [0.1, 0.15) is 41.3 Å². The van der Waals surface area contributed by atoms with Crippen LogP contribution in [0.2, 0.25) is 0 Å². The molecule has 1 amide bonds. The molecule has 0 radical (unpaired) electrons. The van der Waals surface area contributed by atoms with E-state index in [0.717, 1.165) is 34.6 Å². The van der Waals surface area contributed by atoms with Crippen molar-refractivity contribution in [2.75, 3.05) is 32.5 Å². The van der Waals surface area contributed by atoms with Gasteiger partial charge in [-0.15, -0.1) is 11.8 Å². The Morgan fingerprint density at radius 1 is 1.12 bits per heavy atom. The summed E-state index contributed by atoms with van der Waals surface area (Å²) in [6, 6.07) is 10.7. The summed E-state index contributed by atoms with van der Waals surface area (Å²) in [5.41, 5.74) is 2.63. The van der Waals surface area contributed by atoms with E-state index in [4.69, 9.17) is 4.74 Å². The van der Waals surface area contributed by atoms with E-state index in [1.165, 1.54) is 17.8 Å². The molecule has 3 rings (SSSR count). The van der Waals surface area contributed by atoms with Crippen molar-refractivity contribution < 1.29 is 17.9 Å². The Morgan fingerprint density at radius 2 is 1.78 bits per heavy atom. The number of likely N-dealkylation sites (tertiary alicyclic amines) is 1. The fourth-order valence-corrected chi connectivity index (χ4v) is 5.46. The molecule has 2 aromatic carbocycles. The predicted octanol–water partition coefficient (Wildman–Crippen LogP) is 4.25. The molecule has 2 aromatic rings. The summed E-state index contributed by atoms with van der Waals surface area (Å²) in [4.78, 5) is 15.8. The lowest BCUT2D eigenvalue weighted by atomic mass is 9.98. The first kappa shape index (κ1) is 24.6. The molecule has 0 bridgehead atoms. The van der Waals surface area contributed by atoms with Crippen LogP contribution in [0.5, 0.6) is 5.75 Å². The summed E-state index contributed by atoms with van der Waals surface area (Å²) in [5, 5.41) is 0. The number of thioether (sulfide) groups is 1. The summed E-state index contributed by atoms with van der Waals surface area (Å²) in [6.07, 6.45) is 3.84. The monoisotopic (exact) mass is 476 g/mol. The minimum absolute atomic E-state index is 0.0930. The second kappa shape index (κ2) is 10.7. The van der Waals surface area contributed by atoms with Crippen molar-refractivity contribution in [3.8, 4) is 5.75 Å². The van der Waals surface area contributed by atoms with E-state index in [1.54, 1.807) is 12.1 Å². The predicted molar refractivity (Wildman–Crippen MR) is 129 cm³/mol. The van der Waals surface area contributed by atoms with Gasteiger partial charge in [0.2, 0.25) is 10.0 Å².